The lowest BCUT2D eigenvalue weighted by Gasteiger charge is -2.38. The fourth-order valence-electron chi connectivity index (χ4n) is 3.21. The van der Waals surface area contributed by atoms with Crippen molar-refractivity contribution in [2.45, 2.75) is 52.2 Å². The maximum absolute atomic E-state index is 10.3. The average molecular weight is 461 g/mol. The Labute approximate surface area is 168 Å². The Morgan fingerprint density at radius 1 is 1.32 bits per heavy atom. The zero-order valence-corrected chi connectivity index (χ0v) is 17.9. The molecule has 0 heterocycles. The maximum Gasteiger partial charge on any atom is 0.191 e. The monoisotopic (exact) mass is 461 g/mol. The van der Waals surface area contributed by atoms with Crippen molar-refractivity contribution in [2.75, 3.05) is 20.2 Å². The predicted molar refractivity (Wildman–Crippen MR) is 114 cm³/mol. The predicted octanol–water partition coefficient (Wildman–Crippen LogP) is 3.31. The van der Waals surface area contributed by atoms with Crippen LogP contribution in [-0.2, 0) is 6.54 Å². The van der Waals surface area contributed by atoms with Crippen LogP contribution in [0.15, 0.2) is 29.3 Å². The van der Waals surface area contributed by atoms with Crippen LogP contribution in [0.4, 0.5) is 0 Å². The van der Waals surface area contributed by atoms with Gasteiger partial charge in [-0.1, -0.05) is 38.0 Å². The topological polar surface area (TPSA) is 65.9 Å². The number of nitrogens with one attached hydrogen (secondary N) is 2. The van der Waals surface area contributed by atoms with E-state index in [9.17, 15) is 5.11 Å². The van der Waals surface area contributed by atoms with Gasteiger partial charge in [-0.15, -0.1) is 24.0 Å². The fourth-order valence-corrected chi connectivity index (χ4v) is 3.21. The Hall–Kier alpha value is -1.02. The van der Waals surface area contributed by atoms with Crippen LogP contribution in [-0.4, -0.2) is 37.4 Å². The smallest absolute Gasteiger partial charge is 0.191 e. The van der Waals surface area contributed by atoms with Crippen LogP contribution in [0, 0.1) is 5.41 Å². The molecule has 142 valence electrons. The summed E-state index contributed by atoms with van der Waals surface area (Å²) >= 11 is 0. The first-order chi connectivity index (χ1) is 11.6. The Kier molecular flexibility index (Phi) is 9.56. The van der Waals surface area contributed by atoms with Crippen molar-refractivity contribution in [1.82, 2.24) is 10.6 Å². The summed E-state index contributed by atoms with van der Waals surface area (Å²) in [5, 5.41) is 17.0. The molecular formula is C19H32IN3O2. The third-order valence-electron chi connectivity index (χ3n) is 4.88. The lowest BCUT2D eigenvalue weighted by Crippen LogP contribution is -2.48. The van der Waals surface area contributed by atoms with E-state index < -0.39 is 0 Å². The summed E-state index contributed by atoms with van der Waals surface area (Å²) < 4.78 is 5.38. The first kappa shape index (κ1) is 22.0. The highest BCUT2D eigenvalue weighted by molar-refractivity contribution is 14.0. The summed E-state index contributed by atoms with van der Waals surface area (Å²) in [5.41, 5.74) is 0.972. The second kappa shape index (κ2) is 10.9. The molecule has 1 aliphatic rings. The van der Waals surface area contributed by atoms with Gasteiger partial charge in [0.2, 0.25) is 0 Å². The Morgan fingerprint density at radius 2 is 2.08 bits per heavy atom. The first-order valence-corrected chi connectivity index (χ1v) is 8.91. The summed E-state index contributed by atoms with van der Waals surface area (Å²) in [6.45, 7) is 6.30. The number of benzene rings is 1. The third-order valence-corrected chi connectivity index (χ3v) is 4.88. The van der Waals surface area contributed by atoms with Gasteiger partial charge >= 0.3 is 0 Å². The van der Waals surface area contributed by atoms with Crippen LogP contribution in [0.25, 0.3) is 0 Å². The number of hydrogen-bond donors (Lipinski definition) is 3. The van der Waals surface area contributed by atoms with E-state index >= 15 is 0 Å². The molecule has 1 saturated carbocycles. The first-order valence-electron chi connectivity index (χ1n) is 8.91. The molecule has 3 N–H and O–H groups in total. The molecule has 1 fully saturated rings. The van der Waals surface area contributed by atoms with Crippen molar-refractivity contribution in [3.05, 3.63) is 29.8 Å². The molecule has 1 aliphatic carbocycles. The summed E-state index contributed by atoms with van der Waals surface area (Å²) in [7, 11) is 1.68. The number of nitrogens with zero attached hydrogens (tertiary/aromatic N) is 1. The van der Waals surface area contributed by atoms with Gasteiger partial charge in [-0.2, -0.15) is 0 Å². The van der Waals surface area contributed by atoms with Crippen molar-refractivity contribution in [1.29, 1.82) is 0 Å². The standard InChI is InChI=1S/C19H31N3O2.HI/c1-4-20-18(21-13-15-9-5-6-10-16(15)24-3)22-14-19(2)12-8-7-11-17(19)23;/h5-6,9-10,17,23H,4,7-8,11-14H2,1-3H3,(H2,20,21,22);1H. The molecule has 2 rings (SSSR count). The minimum Gasteiger partial charge on any atom is -0.496 e. The summed E-state index contributed by atoms with van der Waals surface area (Å²) in [4.78, 5) is 4.67. The molecule has 5 nitrogen and oxygen atoms in total. The SMILES string of the molecule is CCNC(=NCc1ccccc1OC)NCC1(C)CCCCC1O.I. The number of methoxy groups -OCH3 is 1. The third kappa shape index (κ3) is 6.33. The number of hydrogen-bond acceptors (Lipinski definition) is 3. The number of aliphatic hydroxyl groups is 1. The van der Waals surface area contributed by atoms with Gasteiger partial charge in [0.1, 0.15) is 5.75 Å². The van der Waals surface area contributed by atoms with Gasteiger partial charge in [-0.05, 0) is 25.8 Å². The molecule has 0 radical (unpaired) electrons. The molecule has 2 unspecified atom stereocenters. The molecule has 0 spiro atoms. The van der Waals surface area contributed by atoms with E-state index in [1.807, 2.05) is 24.3 Å². The molecule has 25 heavy (non-hydrogen) atoms. The second-order valence-electron chi connectivity index (χ2n) is 6.78. The van der Waals surface area contributed by atoms with E-state index in [1.165, 1.54) is 6.42 Å². The average Bonchev–Trinajstić information content (AvgIpc) is 2.60. The normalized spacial score (nSPS) is 23.5. The highest BCUT2D eigenvalue weighted by Gasteiger charge is 2.35. The molecule has 0 amide bonds. The van der Waals surface area contributed by atoms with Gasteiger partial charge in [0, 0.05) is 24.1 Å². The molecule has 6 heteroatoms. The summed E-state index contributed by atoms with van der Waals surface area (Å²) in [5.74, 6) is 1.63. The van der Waals surface area contributed by atoms with Crippen molar-refractivity contribution in [3.8, 4) is 5.75 Å². The van der Waals surface area contributed by atoms with E-state index in [2.05, 4.69) is 29.5 Å². The second-order valence-corrected chi connectivity index (χ2v) is 6.78. The Balaban J connectivity index is 0.00000312. The summed E-state index contributed by atoms with van der Waals surface area (Å²) in [6.07, 6.45) is 4.01. The molecule has 2 atom stereocenters. The van der Waals surface area contributed by atoms with E-state index in [1.54, 1.807) is 7.11 Å². The summed E-state index contributed by atoms with van der Waals surface area (Å²) in [6, 6.07) is 7.93. The minimum absolute atomic E-state index is 0. The van der Waals surface area contributed by atoms with Gasteiger partial charge in [-0.25, -0.2) is 4.99 Å². The minimum atomic E-state index is -0.240. The van der Waals surface area contributed by atoms with Crippen molar-refractivity contribution < 1.29 is 9.84 Å². The van der Waals surface area contributed by atoms with Crippen molar-refractivity contribution in [2.24, 2.45) is 10.4 Å². The van der Waals surface area contributed by atoms with Crippen LogP contribution in [0.3, 0.4) is 0 Å². The zero-order valence-electron chi connectivity index (χ0n) is 15.5. The Morgan fingerprint density at radius 3 is 2.76 bits per heavy atom. The van der Waals surface area contributed by atoms with Crippen LogP contribution in [0.2, 0.25) is 0 Å². The van der Waals surface area contributed by atoms with Crippen LogP contribution in [0.1, 0.15) is 45.1 Å². The largest absolute Gasteiger partial charge is 0.496 e. The van der Waals surface area contributed by atoms with Gasteiger partial charge < -0.3 is 20.5 Å². The van der Waals surface area contributed by atoms with Gasteiger partial charge in [0.05, 0.1) is 19.8 Å². The Bertz CT molecular complexity index is 553. The number of aliphatic imine (C=N–C) groups is 1. The fraction of sp³-hybridized carbons (Fsp3) is 0.632. The number of guanidine groups is 1. The molecule has 1 aromatic carbocycles. The molecule has 1 aromatic rings. The molecule has 0 bridgehead atoms. The number of rotatable bonds is 6. The van der Waals surface area contributed by atoms with E-state index in [-0.39, 0.29) is 35.5 Å². The van der Waals surface area contributed by atoms with Crippen LogP contribution >= 0.6 is 24.0 Å². The lowest BCUT2D eigenvalue weighted by molar-refractivity contribution is 0.00397. The van der Waals surface area contributed by atoms with Crippen LogP contribution in [0.5, 0.6) is 5.75 Å². The van der Waals surface area contributed by atoms with Gasteiger partial charge in [-0.3, -0.25) is 0 Å². The number of ether oxygens (including phenoxy) is 1. The van der Waals surface area contributed by atoms with E-state index in [0.717, 1.165) is 49.6 Å². The zero-order chi connectivity index (χ0) is 17.4. The molecule has 0 saturated heterocycles. The van der Waals surface area contributed by atoms with Crippen LogP contribution < -0.4 is 15.4 Å². The highest BCUT2D eigenvalue weighted by Crippen LogP contribution is 2.35. The van der Waals surface area contributed by atoms with E-state index in [4.69, 9.17) is 4.74 Å². The number of halogens is 1. The van der Waals surface area contributed by atoms with Crippen molar-refractivity contribution in [3.63, 3.8) is 0 Å². The lowest BCUT2D eigenvalue weighted by atomic mass is 9.73. The van der Waals surface area contributed by atoms with Gasteiger partial charge in [0.15, 0.2) is 5.96 Å². The van der Waals surface area contributed by atoms with Crippen molar-refractivity contribution >= 4 is 29.9 Å². The highest BCUT2D eigenvalue weighted by atomic mass is 127. The molecule has 0 aliphatic heterocycles. The number of aliphatic hydroxyl groups excluding tert-OH is 1. The molecular weight excluding hydrogens is 429 g/mol. The number of para-hydroxylation sites is 1. The molecule has 0 aromatic heterocycles. The maximum atomic E-state index is 10.3. The van der Waals surface area contributed by atoms with Gasteiger partial charge in [0.25, 0.3) is 0 Å². The van der Waals surface area contributed by atoms with E-state index in [0.29, 0.717) is 6.54 Å². The quantitative estimate of drug-likeness (QED) is 0.346.